The molecule has 90 valence electrons. The van der Waals surface area contributed by atoms with Crippen molar-refractivity contribution < 1.29 is 15.1 Å². The molecule has 2 aromatic rings. The Morgan fingerprint density at radius 1 is 1.47 bits per heavy atom. The average Bonchev–Trinajstić information content (AvgIpc) is 2.58. The Balaban J connectivity index is 2.70. The van der Waals surface area contributed by atoms with Crippen LogP contribution in [0.3, 0.4) is 0 Å². The van der Waals surface area contributed by atoms with E-state index in [0.717, 1.165) is 16.7 Å². The fourth-order valence-corrected chi connectivity index (χ4v) is 1.89. The minimum absolute atomic E-state index is 0.160. The van der Waals surface area contributed by atoms with Gasteiger partial charge in [-0.25, -0.2) is 9.78 Å². The van der Waals surface area contributed by atoms with Crippen LogP contribution < -0.4 is 0 Å². The van der Waals surface area contributed by atoms with Gasteiger partial charge in [-0.3, -0.25) is 0 Å². The zero-order valence-electron chi connectivity index (χ0n) is 9.77. The maximum absolute atomic E-state index is 10.9. The molecule has 0 bridgehead atoms. The summed E-state index contributed by atoms with van der Waals surface area (Å²) < 4.78 is 0.984. The van der Waals surface area contributed by atoms with E-state index >= 15 is 0 Å². The summed E-state index contributed by atoms with van der Waals surface area (Å²) in [5, 5.41) is 18.9. The van der Waals surface area contributed by atoms with Crippen molar-refractivity contribution in [2.45, 2.75) is 26.7 Å². The second-order valence-corrected chi connectivity index (χ2v) is 4.06. The van der Waals surface area contributed by atoms with Gasteiger partial charge in [0.1, 0.15) is 11.3 Å². The first-order chi connectivity index (χ1) is 8.04. The molecule has 0 radical (unpaired) electrons. The number of carboxylic acid groups (broad SMARTS) is 1. The second kappa shape index (κ2) is 4.08. The highest BCUT2D eigenvalue weighted by Crippen LogP contribution is 2.21. The number of rotatable bonds is 3. The number of hydrogen-bond acceptors (Lipinski definition) is 3. The van der Waals surface area contributed by atoms with Crippen molar-refractivity contribution in [3.8, 4) is 0 Å². The summed E-state index contributed by atoms with van der Waals surface area (Å²) in [7, 11) is 0. The molecular weight excluding hydrogens is 220 g/mol. The van der Waals surface area contributed by atoms with E-state index in [-0.39, 0.29) is 5.56 Å². The number of carboxylic acids is 1. The molecule has 2 N–H and O–H groups in total. The molecule has 1 aromatic heterocycles. The highest BCUT2D eigenvalue weighted by molar-refractivity contribution is 5.93. The fourth-order valence-electron chi connectivity index (χ4n) is 1.89. The van der Waals surface area contributed by atoms with Gasteiger partial charge < -0.3 is 10.3 Å². The highest BCUT2D eigenvalue weighted by atomic mass is 16.5. The largest absolute Gasteiger partial charge is 0.478 e. The van der Waals surface area contributed by atoms with Gasteiger partial charge in [0, 0.05) is 6.42 Å². The number of carbonyl (C=O) groups is 1. The Bertz CT molecular complexity index is 587. The fraction of sp³-hybridized carbons (Fsp3) is 0.333. The number of benzene rings is 1. The van der Waals surface area contributed by atoms with Crippen LogP contribution in [-0.4, -0.2) is 26.0 Å². The molecule has 0 aliphatic heterocycles. The Morgan fingerprint density at radius 3 is 2.76 bits per heavy atom. The molecule has 0 fully saturated rings. The van der Waals surface area contributed by atoms with Crippen LogP contribution in [0.5, 0.6) is 0 Å². The molecule has 0 aliphatic rings. The smallest absolute Gasteiger partial charge is 0.335 e. The molecular formula is C12H14N2O3. The van der Waals surface area contributed by atoms with Crippen molar-refractivity contribution in [2.24, 2.45) is 0 Å². The standard InChI is InChI=1S/C12H14N2O3/c1-3-4-10-13-11-7(2)5-8(12(15)16)6-9(11)14(10)17/h5-6,17H,3-4H2,1-2H3,(H,15,16). The van der Waals surface area contributed by atoms with Gasteiger partial charge in [-0.15, -0.1) is 0 Å². The second-order valence-electron chi connectivity index (χ2n) is 4.06. The molecule has 0 spiro atoms. The number of nitrogens with zero attached hydrogens (tertiary/aromatic N) is 2. The molecule has 0 amide bonds. The number of fused-ring (bicyclic) bond motifs is 1. The van der Waals surface area contributed by atoms with Gasteiger partial charge in [0.25, 0.3) is 0 Å². The van der Waals surface area contributed by atoms with Gasteiger partial charge in [0.15, 0.2) is 0 Å². The van der Waals surface area contributed by atoms with Crippen LogP contribution in [0, 0.1) is 6.92 Å². The van der Waals surface area contributed by atoms with Gasteiger partial charge in [-0.1, -0.05) is 6.92 Å². The first kappa shape index (κ1) is 11.4. The normalized spacial score (nSPS) is 10.9. The van der Waals surface area contributed by atoms with E-state index in [2.05, 4.69) is 4.98 Å². The minimum atomic E-state index is -1.01. The van der Waals surface area contributed by atoms with Crippen LogP contribution in [0.15, 0.2) is 12.1 Å². The molecule has 0 saturated carbocycles. The van der Waals surface area contributed by atoms with Gasteiger partial charge in [0.2, 0.25) is 0 Å². The summed E-state index contributed by atoms with van der Waals surface area (Å²) in [4.78, 5) is 15.3. The molecule has 1 aromatic carbocycles. The Labute approximate surface area is 98.3 Å². The molecule has 0 atom stereocenters. The lowest BCUT2D eigenvalue weighted by molar-refractivity contribution is 0.0697. The molecule has 2 rings (SSSR count). The first-order valence-corrected chi connectivity index (χ1v) is 5.49. The molecule has 5 nitrogen and oxygen atoms in total. The number of imidazole rings is 1. The summed E-state index contributed by atoms with van der Waals surface area (Å²) in [5.41, 5.74) is 2.02. The van der Waals surface area contributed by atoms with Gasteiger partial charge in [-0.2, -0.15) is 4.73 Å². The zero-order chi connectivity index (χ0) is 12.6. The van der Waals surface area contributed by atoms with Crippen molar-refractivity contribution in [3.05, 3.63) is 29.1 Å². The number of hydrogen-bond donors (Lipinski definition) is 2. The van der Waals surface area contributed by atoms with Crippen molar-refractivity contribution in [1.29, 1.82) is 0 Å². The molecule has 0 saturated heterocycles. The van der Waals surface area contributed by atoms with E-state index in [1.165, 1.54) is 6.07 Å². The molecule has 0 unspecified atom stereocenters. The first-order valence-electron chi connectivity index (χ1n) is 5.49. The summed E-state index contributed by atoms with van der Waals surface area (Å²) in [6.45, 7) is 3.78. The third-order valence-electron chi connectivity index (χ3n) is 2.71. The summed E-state index contributed by atoms with van der Waals surface area (Å²) in [6, 6.07) is 3.00. The van der Waals surface area contributed by atoms with E-state index < -0.39 is 5.97 Å². The predicted octanol–water partition coefficient (Wildman–Crippen LogP) is 2.23. The van der Waals surface area contributed by atoms with Crippen LogP contribution in [0.25, 0.3) is 11.0 Å². The van der Waals surface area contributed by atoms with Crippen LogP contribution in [-0.2, 0) is 6.42 Å². The van der Waals surface area contributed by atoms with Crippen molar-refractivity contribution in [1.82, 2.24) is 9.71 Å². The lowest BCUT2D eigenvalue weighted by atomic mass is 10.1. The lowest BCUT2D eigenvalue weighted by Crippen LogP contribution is -2.00. The maximum Gasteiger partial charge on any atom is 0.335 e. The van der Waals surface area contributed by atoms with Crippen LogP contribution in [0.1, 0.15) is 35.1 Å². The third-order valence-corrected chi connectivity index (χ3v) is 2.71. The third kappa shape index (κ3) is 1.84. The van der Waals surface area contributed by atoms with Gasteiger partial charge >= 0.3 is 5.97 Å². The van der Waals surface area contributed by atoms with E-state index in [1.54, 1.807) is 13.0 Å². The highest BCUT2D eigenvalue weighted by Gasteiger charge is 2.14. The van der Waals surface area contributed by atoms with E-state index in [0.29, 0.717) is 23.3 Å². The monoisotopic (exact) mass is 234 g/mol. The quantitative estimate of drug-likeness (QED) is 0.798. The minimum Gasteiger partial charge on any atom is -0.478 e. The van der Waals surface area contributed by atoms with Crippen LogP contribution in [0.2, 0.25) is 0 Å². The Kier molecular flexibility index (Phi) is 2.75. The number of aromatic carboxylic acids is 1. The number of aryl methyl sites for hydroxylation is 2. The Morgan fingerprint density at radius 2 is 2.18 bits per heavy atom. The maximum atomic E-state index is 10.9. The van der Waals surface area contributed by atoms with Crippen molar-refractivity contribution >= 4 is 17.0 Å². The van der Waals surface area contributed by atoms with Crippen LogP contribution >= 0.6 is 0 Å². The SMILES string of the molecule is CCCc1nc2c(C)cc(C(=O)O)cc2n1O. The van der Waals surface area contributed by atoms with E-state index in [9.17, 15) is 10.0 Å². The molecule has 1 heterocycles. The molecule has 0 aliphatic carbocycles. The van der Waals surface area contributed by atoms with Crippen molar-refractivity contribution in [3.63, 3.8) is 0 Å². The van der Waals surface area contributed by atoms with Crippen molar-refractivity contribution in [2.75, 3.05) is 0 Å². The van der Waals surface area contributed by atoms with Gasteiger partial charge in [-0.05, 0) is 31.0 Å². The summed E-state index contributed by atoms with van der Waals surface area (Å²) in [5.74, 6) is -0.443. The number of aromatic nitrogens is 2. The lowest BCUT2D eigenvalue weighted by Gasteiger charge is -2.00. The summed E-state index contributed by atoms with van der Waals surface area (Å²) in [6.07, 6.45) is 1.53. The van der Waals surface area contributed by atoms with Gasteiger partial charge in [0.05, 0.1) is 11.1 Å². The summed E-state index contributed by atoms with van der Waals surface area (Å²) >= 11 is 0. The topological polar surface area (TPSA) is 75.3 Å². The zero-order valence-corrected chi connectivity index (χ0v) is 9.77. The van der Waals surface area contributed by atoms with Crippen LogP contribution in [0.4, 0.5) is 0 Å². The predicted molar refractivity (Wildman–Crippen MR) is 62.6 cm³/mol. The Hall–Kier alpha value is -2.04. The average molecular weight is 234 g/mol. The van der Waals surface area contributed by atoms with E-state index in [4.69, 9.17) is 5.11 Å². The molecule has 5 heteroatoms. The molecule has 17 heavy (non-hydrogen) atoms. The van der Waals surface area contributed by atoms with E-state index in [1.807, 2.05) is 6.92 Å².